The minimum atomic E-state index is -0.793. The fourth-order valence-corrected chi connectivity index (χ4v) is 8.32. The number of para-hydroxylation sites is 1. The summed E-state index contributed by atoms with van der Waals surface area (Å²) in [5.41, 5.74) is 2.75. The van der Waals surface area contributed by atoms with Gasteiger partial charge in [-0.3, -0.25) is 9.36 Å². The third-order valence-corrected chi connectivity index (χ3v) is 9.93. The molecule has 12 heteroatoms. The van der Waals surface area contributed by atoms with Crippen LogP contribution in [0.25, 0.3) is 6.08 Å². The number of carbonyl (C=O) groups is 1. The number of ether oxygens (including phenoxy) is 3. The van der Waals surface area contributed by atoms with E-state index in [9.17, 15) is 9.59 Å². The molecule has 0 amide bonds. The van der Waals surface area contributed by atoms with Gasteiger partial charge in [-0.25, -0.2) is 9.79 Å². The fourth-order valence-electron chi connectivity index (χ4n) is 4.92. The Hall–Kier alpha value is -2.39. The number of nitrogens with zero attached hydrogens (tertiary/aromatic N) is 2. The summed E-state index contributed by atoms with van der Waals surface area (Å²) < 4.78 is 21.8. The molecule has 3 aromatic carbocycles. The number of benzene rings is 3. The number of halogens is 4. The molecule has 0 N–H and O–H groups in total. The van der Waals surface area contributed by atoms with E-state index < -0.39 is 12.0 Å². The third kappa shape index (κ3) is 7.45. The lowest BCUT2D eigenvalue weighted by molar-refractivity contribution is -0.139. The van der Waals surface area contributed by atoms with Crippen LogP contribution in [0.1, 0.15) is 50.4 Å². The van der Waals surface area contributed by atoms with Crippen molar-refractivity contribution in [2.24, 2.45) is 4.99 Å². The maximum absolute atomic E-state index is 14.3. The zero-order valence-electron chi connectivity index (χ0n) is 24.7. The second-order valence-electron chi connectivity index (χ2n) is 10.3. The Morgan fingerprint density at radius 3 is 2.58 bits per heavy atom. The van der Waals surface area contributed by atoms with Crippen LogP contribution in [0.4, 0.5) is 0 Å². The van der Waals surface area contributed by atoms with Crippen LogP contribution >= 0.6 is 79.7 Å². The van der Waals surface area contributed by atoms with Gasteiger partial charge in [-0.15, -0.1) is 0 Å². The maximum atomic E-state index is 14.3. The molecule has 5 rings (SSSR count). The zero-order valence-corrected chi connectivity index (χ0v) is 31.3. The van der Waals surface area contributed by atoms with Crippen molar-refractivity contribution in [2.45, 2.75) is 46.4 Å². The van der Waals surface area contributed by atoms with Gasteiger partial charge in [-0.1, -0.05) is 58.8 Å². The van der Waals surface area contributed by atoms with Crippen LogP contribution in [0.2, 0.25) is 10.0 Å². The van der Waals surface area contributed by atoms with Crippen LogP contribution < -0.4 is 24.4 Å². The summed E-state index contributed by atoms with van der Waals surface area (Å²) in [5.74, 6) is 0.680. The highest BCUT2D eigenvalue weighted by atomic mass is 127. The van der Waals surface area contributed by atoms with Crippen LogP contribution in [-0.4, -0.2) is 23.2 Å². The second kappa shape index (κ2) is 14.6. The average Bonchev–Trinajstić information content (AvgIpc) is 3.27. The second-order valence-corrected chi connectivity index (χ2v) is 14.6. The highest BCUT2D eigenvalue weighted by Crippen LogP contribution is 2.36. The molecule has 0 fully saturated rings. The van der Waals surface area contributed by atoms with E-state index in [0.717, 1.165) is 18.3 Å². The van der Waals surface area contributed by atoms with E-state index in [2.05, 4.69) is 45.2 Å². The largest absolute Gasteiger partial charge is 0.491 e. The van der Waals surface area contributed by atoms with Crippen molar-refractivity contribution in [1.29, 1.82) is 0 Å². The standard InChI is InChI=1S/C33H28Cl2I2N2O5S/c1-5-42-32(41)28-18(4)38-33-39(29(28)22-8-6-7-9-26(22)44-17(2)3)31(40)27(45-33)14-20-13-21(36)15-25(37)30(20)43-16-19-10-11-23(34)24(35)12-19/h6-15,17,29H,5,16H2,1-4H3/b27-14-/t29-/m1/s1. The first-order valence-electron chi connectivity index (χ1n) is 14.0. The van der Waals surface area contributed by atoms with Crippen LogP contribution in [0.3, 0.4) is 0 Å². The molecule has 0 radical (unpaired) electrons. The summed E-state index contributed by atoms with van der Waals surface area (Å²) in [6.45, 7) is 7.81. The van der Waals surface area contributed by atoms with Gasteiger partial charge in [0.05, 0.1) is 42.1 Å². The van der Waals surface area contributed by atoms with E-state index in [1.165, 1.54) is 11.3 Å². The van der Waals surface area contributed by atoms with Gasteiger partial charge in [0.15, 0.2) is 4.80 Å². The molecule has 0 aliphatic carbocycles. The summed E-state index contributed by atoms with van der Waals surface area (Å²) in [6.07, 6.45) is 1.69. The highest BCUT2D eigenvalue weighted by Gasteiger charge is 2.35. The van der Waals surface area contributed by atoms with Crippen molar-refractivity contribution in [1.82, 2.24) is 4.57 Å². The monoisotopic (exact) mass is 888 g/mol. The van der Waals surface area contributed by atoms with Crippen LogP contribution in [0, 0.1) is 7.14 Å². The van der Waals surface area contributed by atoms with E-state index in [1.807, 2.05) is 62.4 Å². The van der Waals surface area contributed by atoms with E-state index in [4.69, 9.17) is 42.4 Å². The fraction of sp³-hybridized carbons (Fsp3) is 0.242. The number of hydrogen-bond donors (Lipinski definition) is 0. The van der Waals surface area contributed by atoms with Crippen molar-refractivity contribution in [3.8, 4) is 11.5 Å². The highest BCUT2D eigenvalue weighted by molar-refractivity contribution is 14.1. The predicted octanol–water partition coefficient (Wildman–Crippen LogP) is 7.68. The first kappa shape index (κ1) is 34.0. The van der Waals surface area contributed by atoms with Crippen molar-refractivity contribution in [2.75, 3.05) is 6.61 Å². The topological polar surface area (TPSA) is 79.1 Å². The van der Waals surface area contributed by atoms with Gasteiger partial charge in [-0.05, 0) is 115 Å². The first-order valence-corrected chi connectivity index (χ1v) is 17.7. The number of thiazole rings is 1. The Balaban J connectivity index is 1.66. The summed E-state index contributed by atoms with van der Waals surface area (Å²) >= 11 is 18.0. The molecule has 45 heavy (non-hydrogen) atoms. The van der Waals surface area contributed by atoms with Crippen molar-refractivity contribution in [3.05, 3.63) is 119 Å². The number of fused-ring (bicyclic) bond motifs is 1. The average molecular weight is 889 g/mol. The van der Waals surface area contributed by atoms with Crippen LogP contribution in [0.5, 0.6) is 11.5 Å². The van der Waals surface area contributed by atoms with E-state index in [-0.39, 0.29) is 24.9 Å². The minimum absolute atomic E-state index is 0.122. The van der Waals surface area contributed by atoms with Gasteiger partial charge < -0.3 is 14.2 Å². The van der Waals surface area contributed by atoms with Gasteiger partial charge >= 0.3 is 5.97 Å². The van der Waals surface area contributed by atoms with Crippen molar-refractivity contribution in [3.63, 3.8) is 0 Å². The van der Waals surface area contributed by atoms with Gasteiger partial charge in [0.1, 0.15) is 24.1 Å². The van der Waals surface area contributed by atoms with E-state index in [0.29, 0.717) is 47.7 Å². The molecule has 0 unspecified atom stereocenters. The van der Waals surface area contributed by atoms with Crippen molar-refractivity contribution >= 4 is 91.8 Å². The Kier molecular flexibility index (Phi) is 11.0. The zero-order chi connectivity index (χ0) is 32.4. The summed E-state index contributed by atoms with van der Waals surface area (Å²) in [5, 5.41) is 0.919. The normalized spacial score (nSPS) is 14.8. The number of hydrogen-bond acceptors (Lipinski definition) is 7. The Bertz CT molecular complexity index is 2000. The number of aromatic nitrogens is 1. The summed E-state index contributed by atoms with van der Waals surface area (Å²) in [4.78, 5) is 32.8. The van der Waals surface area contributed by atoms with E-state index in [1.54, 1.807) is 30.5 Å². The molecule has 0 saturated heterocycles. The SMILES string of the molecule is CCOC(=O)C1=C(C)N=c2s/c(=C\c3cc(I)cc(I)c3OCc3ccc(Cl)c(Cl)c3)c(=O)n2[C@@H]1c1ccccc1OC(C)C. The lowest BCUT2D eigenvalue weighted by Gasteiger charge is -2.26. The molecular formula is C33H28Cl2I2N2O5S. The van der Waals surface area contributed by atoms with Gasteiger partial charge in [0.2, 0.25) is 0 Å². The van der Waals surface area contributed by atoms with Crippen LogP contribution in [0.15, 0.2) is 75.7 Å². The third-order valence-electron chi connectivity index (χ3n) is 6.78. The number of rotatable bonds is 9. The van der Waals surface area contributed by atoms with Gasteiger partial charge in [0, 0.05) is 14.7 Å². The Labute approximate surface area is 301 Å². The molecule has 7 nitrogen and oxygen atoms in total. The van der Waals surface area contributed by atoms with Crippen molar-refractivity contribution < 1.29 is 19.0 Å². The smallest absolute Gasteiger partial charge is 0.338 e. The van der Waals surface area contributed by atoms with Crippen LogP contribution in [-0.2, 0) is 16.1 Å². The molecule has 0 spiro atoms. The molecule has 1 aromatic heterocycles. The molecule has 2 heterocycles. The van der Waals surface area contributed by atoms with Gasteiger partial charge in [0.25, 0.3) is 5.56 Å². The molecule has 0 bridgehead atoms. The Morgan fingerprint density at radius 1 is 1.11 bits per heavy atom. The molecule has 1 aliphatic rings. The predicted molar refractivity (Wildman–Crippen MR) is 195 cm³/mol. The van der Waals surface area contributed by atoms with Gasteiger partial charge in [-0.2, -0.15) is 0 Å². The minimum Gasteiger partial charge on any atom is -0.491 e. The quantitative estimate of drug-likeness (QED) is 0.127. The molecule has 1 aliphatic heterocycles. The number of esters is 1. The van der Waals surface area contributed by atoms with E-state index >= 15 is 0 Å². The number of carbonyl (C=O) groups excluding carboxylic acids is 1. The Morgan fingerprint density at radius 2 is 1.87 bits per heavy atom. The molecule has 1 atom stereocenters. The number of allylic oxidation sites excluding steroid dienone is 1. The lowest BCUT2D eigenvalue weighted by Crippen LogP contribution is -2.40. The first-order chi connectivity index (χ1) is 21.5. The molecular weight excluding hydrogens is 861 g/mol. The molecule has 0 saturated carbocycles. The lowest BCUT2D eigenvalue weighted by atomic mass is 9.95. The summed E-state index contributed by atoms with van der Waals surface area (Å²) in [6, 6.07) is 16.0. The maximum Gasteiger partial charge on any atom is 0.338 e. The summed E-state index contributed by atoms with van der Waals surface area (Å²) in [7, 11) is 0. The molecule has 4 aromatic rings. The molecule has 234 valence electrons.